The van der Waals surface area contributed by atoms with Gasteiger partial charge in [-0.15, -0.1) is 6.07 Å². The molecule has 1 N–H and O–H groups in total. The molecule has 163 valence electrons. The number of carbonyl (C=O) groups excluding carboxylic acids is 1. The number of para-hydroxylation sites is 2. The summed E-state index contributed by atoms with van der Waals surface area (Å²) < 4.78 is 1.78. The van der Waals surface area contributed by atoms with Gasteiger partial charge in [0.25, 0.3) is 5.91 Å². The summed E-state index contributed by atoms with van der Waals surface area (Å²) in [5, 5.41) is 19.5. The molecule has 0 saturated heterocycles. The molecule has 0 saturated carbocycles. The van der Waals surface area contributed by atoms with E-state index in [4.69, 9.17) is 0 Å². The van der Waals surface area contributed by atoms with Crippen LogP contribution in [0.2, 0.25) is 0 Å². The maximum absolute atomic E-state index is 12.2. The van der Waals surface area contributed by atoms with Crippen molar-refractivity contribution < 1.29 is 30.0 Å². The largest absolute Gasteiger partial charge is 0.511 e. The van der Waals surface area contributed by atoms with Crippen LogP contribution >= 0.6 is 0 Å². The number of hydrogen-bond acceptors (Lipinski definition) is 4. The standard InChI is InChI=1S/C15H18N2O2.C9H7N2.Ir/c1-15(2,3)9-13(18)12-10-16-17(14(12)19)11-7-5-4-6-8-11;1-2-5-9(6-3-1)11-8-4-7-10-11;/h4-8,10,18H,9H2,1-3H3;1-5,7-8H;/q;-1;/b13-12-;;. The van der Waals surface area contributed by atoms with Crippen molar-refractivity contribution in [2.24, 2.45) is 10.5 Å². The number of nitrogens with zero attached hydrogens (tertiary/aromatic N) is 4. The van der Waals surface area contributed by atoms with Crippen LogP contribution in [0.3, 0.4) is 0 Å². The minimum Gasteiger partial charge on any atom is -0.511 e. The quantitative estimate of drug-likeness (QED) is 0.266. The van der Waals surface area contributed by atoms with Crippen LogP contribution in [0, 0.1) is 11.5 Å². The van der Waals surface area contributed by atoms with Crippen molar-refractivity contribution in [1.82, 2.24) is 9.78 Å². The summed E-state index contributed by atoms with van der Waals surface area (Å²) in [4.78, 5) is 12.2. The molecule has 4 rings (SSSR count). The van der Waals surface area contributed by atoms with Gasteiger partial charge in [-0.05, 0) is 29.3 Å². The molecule has 2 aromatic carbocycles. The van der Waals surface area contributed by atoms with Crippen molar-refractivity contribution in [1.29, 1.82) is 0 Å². The molecule has 6 nitrogen and oxygen atoms in total. The van der Waals surface area contributed by atoms with Gasteiger partial charge in [0.1, 0.15) is 5.76 Å². The second-order valence-electron chi connectivity index (χ2n) is 7.99. The first-order valence-corrected chi connectivity index (χ1v) is 9.67. The molecule has 1 aliphatic rings. The normalized spacial score (nSPS) is 14.5. The van der Waals surface area contributed by atoms with E-state index in [2.05, 4.69) is 16.3 Å². The monoisotopic (exact) mass is 594 g/mol. The molecular formula is C24H25IrN4O2-. The molecule has 31 heavy (non-hydrogen) atoms. The van der Waals surface area contributed by atoms with E-state index in [-0.39, 0.29) is 42.8 Å². The van der Waals surface area contributed by atoms with Crippen molar-refractivity contribution >= 4 is 17.8 Å². The number of aliphatic hydroxyl groups is 1. The Kier molecular flexibility index (Phi) is 8.48. The van der Waals surface area contributed by atoms with E-state index in [0.29, 0.717) is 12.1 Å². The fourth-order valence-electron chi connectivity index (χ4n) is 2.82. The van der Waals surface area contributed by atoms with Gasteiger partial charge in [-0.25, -0.2) is 0 Å². The Hall–Kier alpha value is -3.02. The second-order valence-corrected chi connectivity index (χ2v) is 7.99. The molecule has 0 spiro atoms. The van der Waals surface area contributed by atoms with Gasteiger partial charge in [0.2, 0.25) is 0 Å². The Balaban J connectivity index is 0.000000242. The summed E-state index contributed by atoms with van der Waals surface area (Å²) in [6, 6.07) is 21.9. The van der Waals surface area contributed by atoms with Crippen LogP contribution < -0.4 is 5.01 Å². The van der Waals surface area contributed by atoms with Gasteiger partial charge in [0.05, 0.1) is 17.5 Å². The maximum atomic E-state index is 12.2. The molecule has 0 unspecified atom stereocenters. The Morgan fingerprint density at radius 1 is 1.06 bits per heavy atom. The molecule has 0 bridgehead atoms. The van der Waals surface area contributed by atoms with E-state index in [9.17, 15) is 9.90 Å². The predicted octanol–water partition coefficient (Wildman–Crippen LogP) is 4.94. The first-order valence-electron chi connectivity index (χ1n) is 9.67. The number of benzene rings is 2. The summed E-state index contributed by atoms with van der Waals surface area (Å²) >= 11 is 0. The number of hydrogen-bond donors (Lipinski definition) is 1. The number of anilines is 1. The third kappa shape index (κ3) is 6.74. The summed E-state index contributed by atoms with van der Waals surface area (Å²) in [6.45, 7) is 6.03. The number of rotatable bonds is 3. The SMILES string of the molecule is CC(C)(C)C/C(O)=C1\C=NN(c2ccccc2)C1=O.[Ir].[c-]1ccccc1-n1cccn1. The summed E-state index contributed by atoms with van der Waals surface area (Å²) in [6.07, 6.45) is 5.52. The van der Waals surface area contributed by atoms with Crippen LogP contribution in [0.4, 0.5) is 5.69 Å². The fourth-order valence-corrected chi connectivity index (χ4v) is 2.82. The van der Waals surface area contributed by atoms with Gasteiger partial charge in [0, 0.05) is 38.9 Å². The Morgan fingerprint density at radius 2 is 1.77 bits per heavy atom. The van der Waals surface area contributed by atoms with E-state index in [1.165, 1.54) is 11.2 Å². The van der Waals surface area contributed by atoms with E-state index in [0.717, 1.165) is 5.69 Å². The molecule has 1 aromatic heterocycles. The third-order valence-electron chi connectivity index (χ3n) is 4.18. The molecule has 1 amide bonds. The number of hydrazone groups is 1. The van der Waals surface area contributed by atoms with E-state index < -0.39 is 0 Å². The van der Waals surface area contributed by atoms with Crippen molar-refractivity contribution in [2.75, 3.05) is 5.01 Å². The smallest absolute Gasteiger partial charge is 0.283 e. The van der Waals surface area contributed by atoms with Gasteiger partial charge < -0.3 is 5.11 Å². The zero-order valence-corrected chi connectivity index (χ0v) is 20.1. The van der Waals surface area contributed by atoms with Gasteiger partial charge >= 0.3 is 0 Å². The zero-order valence-electron chi connectivity index (χ0n) is 17.7. The van der Waals surface area contributed by atoms with Crippen molar-refractivity contribution in [3.05, 3.63) is 90.5 Å². The first kappa shape index (κ1) is 24.3. The van der Waals surface area contributed by atoms with Crippen LogP contribution in [0.15, 0.2) is 89.5 Å². The number of aromatic nitrogens is 2. The summed E-state index contributed by atoms with van der Waals surface area (Å²) in [5.41, 5.74) is 1.87. The second kappa shape index (κ2) is 10.8. The molecule has 7 heteroatoms. The first-order chi connectivity index (χ1) is 14.3. The third-order valence-corrected chi connectivity index (χ3v) is 4.18. The van der Waals surface area contributed by atoms with Gasteiger partial charge in [-0.1, -0.05) is 39.0 Å². The summed E-state index contributed by atoms with van der Waals surface area (Å²) in [7, 11) is 0. The van der Waals surface area contributed by atoms with Crippen molar-refractivity contribution in [3.8, 4) is 5.69 Å². The average molecular weight is 594 g/mol. The number of allylic oxidation sites excluding steroid dienone is 1. The number of amides is 1. The van der Waals surface area contributed by atoms with Crippen molar-refractivity contribution in [2.45, 2.75) is 27.2 Å². The molecule has 0 fully saturated rings. The summed E-state index contributed by atoms with van der Waals surface area (Å²) in [5.74, 6) is -0.187. The molecule has 3 aromatic rings. The van der Waals surface area contributed by atoms with Crippen LogP contribution in [-0.2, 0) is 24.9 Å². The molecule has 1 aliphatic heterocycles. The van der Waals surface area contributed by atoms with Crippen LogP contribution in [-0.4, -0.2) is 27.0 Å². The molecule has 2 heterocycles. The predicted molar refractivity (Wildman–Crippen MR) is 119 cm³/mol. The Morgan fingerprint density at radius 3 is 2.35 bits per heavy atom. The molecule has 0 atom stereocenters. The Bertz CT molecular complexity index is 1020. The van der Waals surface area contributed by atoms with Crippen molar-refractivity contribution in [3.63, 3.8) is 0 Å². The topological polar surface area (TPSA) is 70.7 Å². The zero-order chi connectivity index (χ0) is 21.6. The number of aliphatic hydroxyl groups excluding tert-OH is 1. The van der Waals surface area contributed by atoms with E-state index in [1.54, 1.807) is 23.0 Å². The van der Waals surface area contributed by atoms with Crippen LogP contribution in [0.25, 0.3) is 5.69 Å². The van der Waals surface area contributed by atoms with Crippen LogP contribution in [0.1, 0.15) is 27.2 Å². The van der Waals surface area contributed by atoms with Gasteiger partial charge in [-0.2, -0.15) is 39.5 Å². The molecule has 1 radical (unpaired) electrons. The van der Waals surface area contributed by atoms with Gasteiger partial charge in [0.15, 0.2) is 0 Å². The van der Waals surface area contributed by atoms with E-state index >= 15 is 0 Å². The minimum atomic E-state index is -0.284. The molecule has 0 aliphatic carbocycles. The average Bonchev–Trinajstić information content (AvgIpc) is 3.39. The molecular weight excluding hydrogens is 569 g/mol. The number of carbonyl (C=O) groups is 1. The van der Waals surface area contributed by atoms with E-state index in [1.807, 2.05) is 75.5 Å². The minimum absolute atomic E-state index is 0. The maximum Gasteiger partial charge on any atom is 0.283 e. The van der Waals surface area contributed by atoms with Crippen LogP contribution in [0.5, 0.6) is 0 Å². The Labute approximate surface area is 196 Å². The van der Waals surface area contributed by atoms with Gasteiger partial charge in [-0.3, -0.25) is 9.48 Å². The fraction of sp³-hybridized carbons (Fsp3) is 0.208.